The predicted octanol–water partition coefficient (Wildman–Crippen LogP) is 2.66. The van der Waals surface area contributed by atoms with Crippen LogP contribution in [0.2, 0.25) is 0 Å². The van der Waals surface area contributed by atoms with E-state index in [1.54, 1.807) is 11.3 Å². The van der Waals surface area contributed by atoms with Crippen molar-refractivity contribution in [2.75, 3.05) is 18.4 Å². The molecule has 4 heteroatoms. The van der Waals surface area contributed by atoms with Crippen LogP contribution in [0.25, 0.3) is 0 Å². The van der Waals surface area contributed by atoms with Gasteiger partial charge in [-0.3, -0.25) is 0 Å². The number of thiophene rings is 1. The molecular weight excluding hydrogens is 248 g/mol. The average molecular weight is 261 g/mol. The summed E-state index contributed by atoms with van der Waals surface area (Å²) in [4.78, 5) is 0. The first kappa shape index (κ1) is 9.49. The van der Waals surface area contributed by atoms with Crippen molar-refractivity contribution >= 4 is 32.3 Å². The Morgan fingerprint density at radius 1 is 1.54 bits per heavy atom. The van der Waals surface area contributed by atoms with Gasteiger partial charge in [-0.2, -0.15) is 0 Å². The lowest BCUT2D eigenvalue weighted by Crippen LogP contribution is -2.23. The molecule has 0 spiro atoms. The van der Waals surface area contributed by atoms with Gasteiger partial charge < -0.3 is 11.1 Å². The Morgan fingerprint density at radius 2 is 2.31 bits per heavy atom. The van der Waals surface area contributed by atoms with E-state index in [-0.39, 0.29) is 0 Å². The Morgan fingerprint density at radius 3 is 2.77 bits per heavy atom. The number of anilines is 1. The van der Waals surface area contributed by atoms with E-state index in [2.05, 4.69) is 33.4 Å². The van der Waals surface area contributed by atoms with Gasteiger partial charge in [0.25, 0.3) is 0 Å². The Hall–Kier alpha value is -0.0600. The van der Waals surface area contributed by atoms with Gasteiger partial charge in [-0.05, 0) is 52.9 Å². The molecule has 0 aromatic carbocycles. The highest BCUT2D eigenvalue weighted by atomic mass is 79.9. The summed E-state index contributed by atoms with van der Waals surface area (Å²) in [5.41, 5.74) is 6.11. The van der Waals surface area contributed by atoms with Crippen LogP contribution < -0.4 is 11.1 Å². The monoisotopic (exact) mass is 260 g/mol. The van der Waals surface area contributed by atoms with Crippen molar-refractivity contribution in [3.63, 3.8) is 0 Å². The van der Waals surface area contributed by atoms with Crippen LogP contribution in [-0.4, -0.2) is 13.1 Å². The molecule has 0 atom stereocenters. The number of rotatable bonds is 4. The average Bonchev–Trinajstić information content (AvgIpc) is 2.81. The summed E-state index contributed by atoms with van der Waals surface area (Å²) in [5, 5.41) is 4.66. The van der Waals surface area contributed by atoms with Gasteiger partial charge >= 0.3 is 0 Å². The highest BCUT2D eigenvalue weighted by Gasteiger charge is 2.40. The van der Waals surface area contributed by atoms with Crippen LogP contribution in [0.5, 0.6) is 0 Å². The third-order valence-corrected chi connectivity index (χ3v) is 4.18. The molecule has 2 rings (SSSR count). The van der Waals surface area contributed by atoms with E-state index in [1.807, 2.05) is 0 Å². The van der Waals surface area contributed by atoms with Crippen LogP contribution in [-0.2, 0) is 0 Å². The molecule has 3 N–H and O–H groups in total. The first-order chi connectivity index (χ1) is 6.24. The first-order valence-corrected chi connectivity index (χ1v) is 6.04. The van der Waals surface area contributed by atoms with Gasteiger partial charge in [-0.15, -0.1) is 11.3 Å². The second kappa shape index (κ2) is 3.59. The molecule has 72 valence electrons. The van der Waals surface area contributed by atoms with Crippen LogP contribution >= 0.6 is 27.3 Å². The Labute approximate surface area is 90.6 Å². The minimum atomic E-state index is 0.413. The third kappa shape index (κ3) is 2.24. The second-order valence-electron chi connectivity index (χ2n) is 3.66. The molecule has 1 fully saturated rings. The molecule has 0 unspecified atom stereocenters. The normalized spacial score (nSPS) is 18.6. The molecule has 1 heterocycles. The van der Waals surface area contributed by atoms with E-state index in [0.717, 1.165) is 13.1 Å². The molecule has 0 aliphatic heterocycles. The van der Waals surface area contributed by atoms with Crippen molar-refractivity contribution in [2.45, 2.75) is 12.8 Å². The van der Waals surface area contributed by atoms with Crippen molar-refractivity contribution in [2.24, 2.45) is 11.1 Å². The number of hydrogen-bond acceptors (Lipinski definition) is 3. The zero-order valence-corrected chi connectivity index (χ0v) is 9.75. The van der Waals surface area contributed by atoms with Gasteiger partial charge in [0.05, 0.1) is 8.79 Å². The van der Waals surface area contributed by atoms with E-state index >= 15 is 0 Å². The van der Waals surface area contributed by atoms with Gasteiger partial charge in [0, 0.05) is 6.54 Å². The summed E-state index contributed by atoms with van der Waals surface area (Å²) >= 11 is 5.17. The fourth-order valence-corrected chi connectivity index (χ4v) is 2.60. The maximum absolute atomic E-state index is 5.69. The minimum absolute atomic E-state index is 0.413. The fraction of sp³-hybridized carbons (Fsp3) is 0.556. The SMILES string of the molecule is NCC1(CNc2ccc(Br)s2)CC1. The molecule has 1 aliphatic carbocycles. The maximum atomic E-state index is 5.69. The molecule has 1 saturated carbocycles. The molecule has 1 aromatic heterocycles. The topological polar surface area (TPSA) is 38.0 Å². The number of nitrogens with two attached hydrogens (primary N) is 1. The number of halogens is 1. The predicted molar refractivity (Wildman–Crippen MR) is 61.2 cm³/mol. The van der Waals surface area contributed by atoms with Crippen molar-refractivity contribution in [1.82, 2.24) is 0 Å². The third-order valence-electron chi connectivity index (χ3n) is 2.60. The van der Waals surface area contributed by atoms with Crippen LogP contribution in [0.4, 0.5) is 5.00 Å². The minimum Gasteiger partial charge on any atom is -0.376 e. The molecule has 0 radical (unpaired) electrons. The first-order valence-electron chi connectivity index (χ1n) is 4.43. The molecule has 1 aliphatic rings. The molecule has 0 amide bonds. The smallest absolute Gasteiger partial charge is 0.0894 e. The van der Waals surface area contributed by atoms with Crippen molar-refractivity contribution < 1.29 is 0 Å². The second-order valence-corrected chi connectivity index (χ2v) is 6.12. The number of hydrogen-bond donors (Lipinski definition) is 2. The van der Waals surface area contributed by atoms with E-state index in [0.29, 0.717) is 5.41 Å². The van der Waals surface area contributed by atoms with Gasteiger partial charge in [0.2, 0.25) is 0 Å². The molecule has 0 bridgehead atoms. The largest absolute Gasteiger partial charge is 0.376 e. The van der Waals surface area contributed by atoms with E-state index in [4.69, 9.17) is 5.73 Å². The highest BCUT2D eigenvalue weighted by molar-refractivity contribution is 9.11. The highest BCUT2D eigenvalue weighted by Crippen LogP contribution is 2.44. The zero-order valence-electron chi connectivity index (χ0n) is 7.35. The van der Waals surface area contributed by atoms with Crippen molar-refractivity contribution in [3.8, 4) is 0 Å². The quantitative estimate of drug-likeness (QED) is 0.874. The number of nitrogens with one attached hydrogen (secondary N) is 1. The van der Waals surface area contributed by atoms with Gasteiger partial charge in [0.1, 0.15) is 0 Å². The van der Waals surface area contributed by atoms with E-state index in [1.165, 1.54) is 21.6 Å². The Kier molecular flexibility index (Phi) is 2.62. The van der Waals surface area contributed by atoms with Crippen LogP contribution in [0.1, 0.15) is 12.8 Å². The molecule has 1 aromatic rings. The summed E-state index contributed by atoms with van der Waals surface area (Å²) < 4.78 is 1.17. The Balaban J connectivity index is 1.86. The fourth-order valence-electron chi connectivity index (χ4n) is 1.31. The summed E-state index contributed by atoms with van der Waals surface area (Å²) in [7, 11) is 0. The standard InChI is InChI=1S/C9H13BrN2S/c10-7-1-2-8(13-7)12-6-9(5-11)3-4-9/h1-2,12H,3-6,11H2. The Bertz CT molecular complexity index is 294. The summed E-state index contributed by atoms with van der Waals surface area (Å²) in [6.07, 6.45) is 2.56. The molecular formula is C9H13BrN2S. The van der Waals surface area contributed by atoms with Crippen molar-refractivity contribution in [3.05, 3.63) is 15.9 Å². The van der Waals surface area contributed by atoms with Gasteiger partial charge in [0.15, 0.2) is 0 Å². The van der Waals surface area contributed by atoms with Crippen molar-refractivity contribution in [1.29, 1.82) is 0 Å². The molecule has 0 saturated heterocycles. The zero-order chi connectivity index (χ0) is 9.31. The maximum Gasteiger partial charge on any atom is 0.0894 e. The lowest BCUT2D eigenvalue weighted by molar-refractivity contribution is 0.556. The lowest BCUT2D eigenvalue weighted by atomic mass is 10.1. The van der Waals surface area contributed by atoms with Crippen LogP contribution in [0, 0.1) is 5.41 Å². The summed E-state index contributed by atoms with van der Waals surface area (Å²) in [5.74, 6) is 0. The molecule has 2 nitrogen and oxygen atoms in total. The van der Waals surface area contributed by atoms with E-state index < -0.39 is 0 Å². The van der Waals surface area contributed by atoms with E-state index in [9.17, 15) is 0 Å². The summed E-state index contributed by atoms with van der Waals surface area (Å²) in [6, 6.07) is 4.16. The van der Waals surface area contributed by atoms with Crippen LogP contribution in [0.15, 0.2) is 15.9 Å². The molecule has 13 heavy (non-hydrogen) atoms. The van der Waals surface area contributed by atoms with Gasteiger partial charge in [-0.25, -0.2) is 0 Å². The van der Waals surface area contributed by atoms with Crippen LogP contribution in [0.3, 0.4) is 0 Å². The summed E-state index contributed by atoms with van der Waals surface area (Å²) in [6.45, 7) is 1.84. The van der Waals surface area contributed by atoms with Gasteiger partial charge in [-0.1, -0.05) is 0 Å². The lowest BCUT2D eigenvalue weighted by Gasteiger charge is -2.12.